The molecule has 0 aromatic rings. The summed E-state index contributed by atoms with van der Waals surface area (Å²) in [4.78, 5) is 21.2. The summed E-state index contributed by atoms with van der Waals surface area (Å²) in [5.41, 5.74) is 4.73. The Labute approximate surface area is 70.7 Å². The molecular formula is C8H11NO3. The molecule has 0 aliphatic carbocycles. The Balaban J connectivity index is 4.20. The van der Waals surface area contributed by atoms with Crippen molar-refractivity contribution in [1.82, 2.24) is 0 Å². The van der Waals surface area contributed by atoms with Crippen LogP contribution < -0.4 is 5.73 Å². The summed E-state index contributed by atoms with van der Waals surface area (Å²) in [7, 11) is 0. The predicted molar refractivity (Wildman–Crippen MR) is 44.5 cm³/mol. The first-order valence-electron chi connectivity index (χ1n) is 3.35. The Morgan fingerprint density at radius 1 is 1.50 bits per heavy atom. The SMILES string of the molecule is C=CCC(OC(N)=O)C(=O)C=C. The molecule has 1 amide bonds. The Morgan fingerprint density at radius 2 is 2.08 bits per heavy atom. The second-order valence-electron chi connectivity index (χ2n) is 2.06. The van der Waals surface area contributed by atoms with Crippen LogP contribution in [0.1, 0.15) is 6.42 Å². The lowest BCUT2D eigenvalue weighted by atomic mass is 10.1. The Hall–Kier alpha value is -1.58. The fourth-order valence-electron chi connectivity index (χ4n) is 0.645. The lowest BCUT2D eigenvalue weighted by Gasteiger charge is -2.10. The quantitative estimate of drug-likeness (QED) is 0.488. The average molecular weight is 169 g/mol. The topological polar surface area (TPSA) is 69.4 Å². The van der Waals surface area contributed by atoms with Crippen molar-refractivity contribution in [3.63, 3.8) is 0 Å². The molecule has 0 aliphatic heterocycles. The number of hydrogen-bond donors (Lipinski definition) is 1. The van der Waals surface area contributed by atoms with Crippen LogP contribution in [-0.4, -0.2) is 18.0 Å². The number of ketones is 1. The first kappa shape index (κ1) is 10.4. The number of primary amides is 1. The number of rotatable bonds is 5. The predicted octanol–water partition coefficient (Wildman–Crippen LogP) is 0.782. The van der Waals surface area contributed by atoms with Gasteiger partial charge in [0.05, 0.1) is 0 Å². The molecule has 0 saturated heterocycles. The third-order valence-electron chi connectivity index (χ3n) is 1.16. The van der Waals surface area contributed by atoms with Crippen molar-refractivity contribution in [3.05, 3.63) is 25.3 Å². The minimum absolute atomic E-state index is 0.244. The van der Waals surface area contributed by atoms with Gasteiger partial charge in [0.2, 0.25) is 0 Å². The van der Waals surface area contributed by atoms with E-state index in [1.54, 1.807) is 0 Å². The molecule has 0 rings (SSSR count). The fraction of sp³-hybridized carbons (Fsp3) is 0.250. The summed E-state index contributed by atoms with van der Waals surface area (Å²) >= 11 is 0. The standard InChI is InChI=1S/C8H11NO3/c1-3-5-7(6(10)4-2)12-8(9)11/h3-4,7H,1-2,5H2,(H2,9,11). The molecule has 1 unspecified atom stereocenters. The molecule has 0 heterocycles. The second-order valence-corrected chi connectivity index (χ2v) is 2.06. The highest BCUT2D eigenvalue weighted by atomic mass is 16.6. The van der Waals surface area contributed by atoms with Crippen molar-refractivity contribution < 1.29 is 14.3 Å². The molecule has 0 aromatic heterocycles. The zero-order chi connectivity index (χ0) is 9.56. The summed E-state index contributed by atoms with van der Waals surface area (Å²) in [6.45, 7) is 6.66. The third-order valence-corrected chi connectivity index (χ3v) is 1.16. The van der Waals surface area contributed by atoms with E-state index < -0.39 is 12.2 Å². The van der Waals surface area contributed by atoms with E-state index in [9.17, 15) is 9.59 Å². The molecule has 0 aromatic carbocycles. The van der Waals surface area contributed by atoms with Crippen molar-refractivity contribution in [2.75, 3.05) is 0 Å². The van der Waals surface area contributed by atoms with Crippen LogP contribution in [0, 0.1) is 0 Å². The van der Waals surface area contributed by atoms with E-state index in [-0.39, 0.29) is 12.2 Å². The van der Waals surface area contributed by atoms with Crippen LogP contribution in [0.4, 0.5) is 4.79 Å². The molecular weight excluding hydrogens is 158 g/mol. The van der Waals surface area contributed by atoms with Crippen LogP contribution in [0.25, 0.3) is 0 Å². The van der Waals surface area contributed by atoms with Crippen molar-refractivity contribution in [1.29, 1.82) is 0 Å². The maximum absolute atomic E-state index is 10.9. The van der Waals surface area contributed by atoms with Gasteiger partial charge in [-0.2, -0.15) is 0 Å². The number of hydrogen-bond acceptors (Lipinski definition) is 3. The fourth-order valence-corrected chi connectivity index (χ4v) is 0.645. The Bertz CT molecular complexity index is 210. The van der Waals surface area contributed by atoms with E-state index in [1.165, 1.54) is 6.08 Å². The molecule has 4 nitrogen and oxygen atoms in total. The van der Waals surface area contributed by atoms with Gasteiger partial charge in [0.1, 0.15) is 0 Å². The van der Waals surface area contributed by atoms with Crippen molar-refractivity contribution in [2.24, 2.45) is 5.73 Å². The number of nitrogens with two attached hydrogens (primary N) is 1. The summed E-state index contributed by atoms with van der Waals surface area (Å²) in [6.07, 6.45) is 0.939. The van der Waals surface area contributed by atoms with E-state index in [2.05, 4.69) is 17.9 Å². The van der Waals surface area contributed by atoms with E-state index in [1.807, 2.05) is 0 Å². The summed E-state index contributed by atoms with van der Waals surface area (Å²) in [5.74, 6) is -0.381. The highest BCUT2D eigenvalue weighted by Gasteiger charge is 2.16. The normalized spacial score (nSPS) is 11.3. The van der Waals surface area contributed by atoms with E-state index in [0.717, 1.165) is 6.08 Å². The Kier molecular flexibility index (Phi) is 4.45. The van der Waals surface area contributed by atoms with Gasteiger partial charge >= 0.3 is 6.09 Å². The molecule has 0 saturated carbocycles. The molecule has 2 N–H and O–H groups in total. The molecule has 0 radical (unpaired) electrons. The van der Waals surface area contributed by atoms with Crippen LogP contribution in [0.5, 0.6) is 0 Å². The van der Waals surface area contributed by atoms with Gasteiger partial charge in [0.25, 0.3) is 0 Å². The van der Waals surface area contributed by atoms with E-state index >= 15 is 0 Å². The first-order chi connectivity index (χ1) is 5.61. The van der Waals surface area contributed by atoms with Crippen LogP contribution in [0.3, 0.4) is 0 Å². The summed E-state index contributed by atoms with van der Waals surface area (Å²) in [5, 5.41) is 0. The molecule has 12 heavy (non-hydrogen) atoms. The highest BCUT2D eigenvalue weighted by molar-refractivity contribution is 5.94. The average Bonchev–Trinajstić information content (AvgIpc) is 2.01. The van der Waals surface area contributed by atoms with Crippen LogP contribution in [-0.2, 0) is 9.53 Å². The number of amides is 1. The van der Waals surface area contributed by atoms with Gasteiger partial charge in [-0.3, -0.25) is 4.79 Å². The molecule has 0 spiro atoms. The number of carbonyl (C=O) groups is 2. The zero-order valence-corrected chi connectivity index (χ0v) is 6.66. The maximum Gasteiger partial charge on any atom is 0.405 e. The Morgan fingerprint density at radius 3 is 2.42 bits per heavy atom. The lowest BCUT2D eigenvalue weighted by molar-refractivity contribution is -0.122. The van der Waals surface area contributed by atoms with E-state index in [4.69, 9.17) is 5.73 Å². The molecule has 0 fully saturated rings. The number of ether oxygens (including phenoxy) is 1. The number of carbonyl (C=O) groups excluding carboxylic acids is 2. The van der Waals surface area contributed by atoms with Crippen molar-refractivity contribution in [2.45, 2.75) is 12.5 Å². The molecule has 0 bridgehead atoms. The minimum Gasteiger partial charge on any atom is -0.438 e. The second kappa shape index (κ2) is 5.12. The molecule has 1 atom stereocenters. The van der Waals surface area contributed by atoms with Gasteiger partial charge in [0, 0.05) is 6.42 Å². The largest absolute Gasteiger partial charge is 0.438 e. The van der Waals surface area contributed by atoms with Crippen LogP contribution in [0.15, 0.2) is 25.3 Å². The van der Waals surface area contributed by atoms with Crippen molar-refractivity contribution >= 4 is 11.9 Å². The first-order valence-corrected chi connectivity index (χ1v) is 3.35. The maximum atomic E-state index is 10.9. The van der Waals surface area contributed by atoms with Gasteiger partial charge in [-0.1, -0.05) is 12.7 Å². The summed E-state index contributed by atoms with van der Waals surface area (Å²) in [6, 6.07) is 0. The third kappa shape index (κ3) is 3.55. The van der Waals surface area contributed by atoms with Crippen molar-refractivity contribution in [3.8, 4) is 0 Å². The van der Waals surface area contributed by atoms with Gasteiger partial charge in [-0.15, -0.1) is 6.58 Å². The molecule has 0 aliphatic rings. The lowest BCUT2D eigenvalue weighted by Crippen LogP contribution is -2.28. The van der Waals surface area contributed by atoms with Crippen LogP contribution in [0.2, 0.25) is 0 Å². The van der Waals surface area contributed by atoms with E-state index in [0.29, 0.717) is 0 Å². The van der Waals surface area contributed by atoms with Gasteiger partial charge in [-0.05, 0) is 6.08 Å². The van der Waals surface area contributed by atoms with Gasteiger partial charge in [-0.25, -0.2) is 4.79 Å². The monoisotopic (exact) mass is 169 g/mol. The van der Waals surface area contributed by atoms with Crippen LogP contribution >= 0.6 is 0 Å². The molecule has 4 heteroatoms. The minimum atomic E-state index is -0.975. The molecule has 66 valence electrons. The van der Waals surface area contributed by atoms with Gasteiger partial charge in [0.15, 0.2) is 11.9 Å². The smallest absolute Gasteiger partial charge is 0.405 e. The van der Waals surface area contributed by atoms with Gasteiger partial charge < -0.3 is 10.5 Å². The highest BCUT2D eigenvalue weighted by Crippen LogP contribution is 2.01. The summed E-state index contributed by atoms with van der Waals surface area (Å²) < 4.78 is 4.49. The zero-order valence-electron chi connectivity index (χ0n) is 6.66.